The Morgan fingerprint density at radius 1 is 1.45 bits per heavy atom. The highest BCUT2D eigenvalue weighted by Crippen LogP contribution is 2.36. The highest BCUT2D eigenvalue weighted by molar-refractivity contribution is 7.89. The van der Waals surface area contributed by atoms with Crippen molar-refractivity contribution in [3.8, 4) is 5.75 Å². The Kier molecular flexibility index (Phi) is 4.67. The minimum absolute atomic E-state index is 0.0300. The summed E-state index contributed by atoms with van der Waals surface area (Å²) < 4.78 is 32.6. The minimum Gasteiger partial charge on any atom is -0.495 e. The Morgan fingerprint density at radius 2 is 2.20 bits per heavy atom. The first-order chi connectivity index (χ1) is 9.51. The molecule has 2 N–H and O–H groups in total. The third-order valence-electron chi connectivity index (χ3n) is 3.59. The van der Waals surface area contributed by atoms with E-state index in [0.717, 1.165) is 19.3 Å². The predicted octanol–water partition coefficient (Wildman–Crippen LogP) is 1.65. The summed E-state index contributed by atoms with van der Waals surface area (Å²) in [5.41, 5.74) is 0.548. The number of aliphatic hydroxyl groups excluding tert-OH is 1. The van der Waals surface area contributed by atoms with Crippen LogP contribution in [0.5, 0.6) is 5.75 Å². The molecule has 0 bridgehead atoms. The Hall–Kier alpha value is -1.11. The van der Waals surface area contributed by atoms with Gasteiger partial charge in [-0.3, -0.25) is 0 Å². The van der Waals surface area contributed by atoms with Crippen molar-refractivity contribution in [2.75, 3.05) is 7.11 Å². The van der Waals surface area contributed by atoms with Crippen molar-refractivity contribution in [2.45, 2.75) is 43.7 Å². The van der Waals surface area contributed by atoms with E-state index in [9.17, 15) is 8.42 Å². The van der Waals surface area contributed by atoms with Gasteiger partial charge >= 0.3 is 0 Å². The van der Waals surface area contributed by atoms with Crippen molar-refractivity contribution in [2.24, 2.45) is 5.92 Å². The number of aliphatic hydroxyl groups is 1. The van der Waals surface area contributed by atoms with E-state index in [4.69, 9.17) is 9.84 Å². The molecule has 0 radical (unpaired) electrons. The zero-order chi connectivity index (χ0) is 14.8. The number of methoxy groups -OCH3 is 1. The highest BCUT2D eigenvalue weighted by atomic mass is 32.2. The van der Waals surface area contributed by atoms with E-state index in [0.29, 0.717) is 17.2 Å². The second-order valence-electron chi connectivity index (χ2n) is 5.16. The molecule has 1 fully saturated rings. The molecule has 112 valence electrons. The van der Waals surface area contributed by atoms with E-state index in [1.54, 1.807) is 12.1 Å². The summed E-state index contributed by atoms with van der Waals surface area (Å²) in [6, 6.07) is 4.70. The summed E-state index contributed by atoms with van der Waals surface area (Å²) in [7, 11) is -2.18. The smallest absolute Gasteiger partial charge is 0.244 e. The normalized spacial score (nSPS) is 21.8. The van der Waals surface area contributed by atoms with Gasteiger partial charge in [0.15, 0.2) is 0 Å². The summed E-state index contributed by atoms with van der Waals surface area (Å²) in [5.74, 6) is 0.740. The Labute approximate surface area is 120 Å². The van der Waals surface area contributed by atoms with Gasteiger partial charge in [-0.2, -0.15) is 0 Å². The lowest BCUT2D eigenvalue weighted by Crippen LogP contribution is -2.27. The first-order valence-electron chi connectivity index (χ1n) is 6.82. The van der Waals surface area contributed by atoms with E-state index in [-0.39, 0.29) is 17.5 Å². The average molecular weight is 299 g/mol. The minimum atomic E-state index is -3.61. The van der Waals surface area contributed by atoms with E-state index in [2.05, 4.69) is 11.6 Å². The van der Waals surface area contributed by atoms with E-state index >= 15 is 0 Å². The number of rotatable bonds is 7. The maximum Gasteiger partial charge on any atom is 0.244 e. The topological polar surface area (TPSA) is 75.6 Å². The Balaban J connectivity index is 2.20. The van der Waals surface area contributed by atoms with Crippen molar-refractivity contribution < 1.29 is 18.3 Å². The Bertz CT molecular complexity index is 571. The molecule has 2 rings (SSSR count). The summed E-state index contributed by atoms with van der Waals surface area (Å²) in [6.07, 6.45) is 3.00. The lowest BCUT2D eigenvalue weighted by molar-refractivity contribution is 0.281. The van der Waals surface area contributed by atoms with Crippen LogP contribution >= 0.6 is 0 Å². The molecule has 1 saturated carbocycles. The summed E-state index contributed by atoms with van der Waals surface area (Å²) in [6.45, 7) is 1.89. The van der Waals surface area contributed by atoms with Crippen molar-refractivity contribution in [3.05, 3.63) is 23.8 Å². The molecule has 1 aliphatic rings. The first kappa shape index (κ1) is 15.3. The van der Waals surface area contributed by atoms with Crippen LogP contribution in [0.1, 0.15) is 31.7 Å². The number of sulfonamides is 1. The van der Waals surface area contributed by atoms with Crippen molar-refractivity contribution in [1.82, 2.24) is 4.72 Å². The fraction of sp³-hybridized carbons (Fsp3) is 0.571. The van der Waals surface area contributed by atoms with Crippen LogP contribution in [0.3, 0.4) is 0 Å². The third-order valence-corrected chi connectivity index (χ3v) is 5.10. The van der Waals surface area contributed by atoms with Gasteiger partial charge in [0.25, 0.3) is 0 Å². The van der Waals surface area contributed by atoms with Gasteiger partial charge in [-0.25, -0.2) is 13.1 Å². The standard InChI is InChI=1S/C14H21NO4S/c1-3-4-11-8-12(11)15-20(17,18)14-7-10(9-16)5-6-13(14)19-2/h5-7,11-12,15-16H,3-4,8-9H2,1-2H3. The van der Waals surface area contributed by atoms with Crippen LogP contribution in [-0.2, 0) is 16.6 Å². The summed E-state index contributed by atoms with van der Waals surface area (Å²) in [5, 5.41) is 9.14. The number of ether oxygens (including phenoxy) is 1. The lowest BCUT2D eigenvalue weighted by Gasteiger charge is -2.12. The van der Waals surface area contributed by atoms with E-state index in [1.807, 2.05) is 0 Å². The van der Waals surface area contributed by atoms with Gasteiger partial charge < -0.3 is 9.84 Å². The molecule has 0 amide bonds. The van der Waals surface area contributed by atoms with Crippen LogP contribution in [0.2, 0.25) is 0 Å². The van der Waals surface area contributed by atoms with Gasteiger partial charge in [-0.05, 0) is 36.5 Å². The fourth-order valence-electron chi connectivity index (χ4n) is 2.37. The van der Waals surface area contributed by atoms with Crippen molar-refractivity contribution in [1.29, 1.82) is 0 Å². The molecule has 1 aromatic rings. The molecule has 2 unspecified atom stereocenters. The Morgan fingerprint density at radius 3 is 2.80 bits per heavy atom. The monoisotopic (exact) mass is 299 g/mol. The SMILES string of the molecule is CCCC1CC1NS(=O)(=O)c1cc(CO)ccc1OC. The fourth-order valence-corrected chi connectivity index (χ4v) is 3.91. The van der Waals surface area contributed by atoms with Gasteiger partial charge in [0, 0.05) is 6.04 Å². The highest BCUT2D eigenvalue weighted by Gasteiger charge is 2.39. The van der Waals surface area contributed by atoms with Crippen LogP contribution in [0.25, 0.3) is 0 Å². The van der Waals surface area contributed by atoms with Gasteiger partial charge in [0.1, 0.15) is 10.6 Å². The van der Waals surface area contributed by atoms with Gasteiger partial charge in [0.05, 0.1) is 13.7 Å². The van der Waals surface area contributed by atoms with Crippen LogP contribution in [0, 0.1) is 5.92 Å². The molecule has 0 aliphatic heterocycles. The van der Waals surface area contributed by atoms with E-state index < -0.39 is 10.0 Å². The van der Waals surface area contributed by atoms with Gasteiger partial charge in [-0.15, -0.1) is 0 Å². The molecule has 0 aromatic heterocycles. The predicted molar refractivity (Wildman–Crippen MR) is 76.0 cm³/mol. The largest absolute Gasteiger partial charge is 0.495 e. The number of benzene rings is 1. The van der Waals surface area contributed by atoms with Crippen LogP contribution < -0.4 is 9.46 Å². The van der Waals surface area contributed by atoms with E-state index in [1.165, 1.54) is 13.2 Å². The zero-order valence-corrected chi connectivity index (χ0v) is 12.6. The maximum atomic E-state index is 12.4. The molecule has 6 heteroatoms. The molecule has 5 nitrogen and oxygen atoms in total. The molecule has 20 heavy (non-hydrogen) atoms. The van der Waals surface area contributed by atoms with Crippen molar-refractivity contribution >= 4 is 10.0 Å². The number of hydrogen-bond donors (Lipinski definition) is 2. The van der Waals surface area contributed by atoms with Crippen molar-refractivity contribution in [3.63, 3.8) is 0 Å². The molecule has 0 spiro atoms. The molecule has 0 saturated heterocycles. The number of hydrogen-bond acceptors (Lipinski definition) is 4. The third kappa shape index (κ3) is 3.31. The van der Waals surface area contributed by atoms with Crippen LogP contribution in [0.4, 0.5) is 0 Å². The van der Waals surface area contributed by atoms with Gasteiger partial charge in [0.2, 0.25) is 10.0 Å². The quantitative estimate of drug-likeness (QED) is 0.803. The molecule has 1 aliphatic carbocycles. The maximum absolute atomic E-state index is 12.4. The first-order valence-corrected chi connectivity index (χ1v) is 8.30. The number of nitrogens with one attached hydrogen (secondary N) is 1. The molecule has 2 atom stereocenters. The summed E-state index contributed by atoms with van der Waals surface area (Å²) >= 11 is 0. The average Bonchev–Trinajstić information content (AvgIpc) is 3.15. The second-order valence-corrected chi connectivity index (χ2v) is 6.84. The second kappa shape index (κ2) is 6.11. The summed E-state index contributed by atoms with van der Waals surface area (Å²) in [4.78, 5) is 0.0914. The molecule has 1 aromatic carbocycles. The molecular weight excluding hydrogens is 278 g/mol. The van der Waals surface area contributed by atoms with Crippen LogP contribution in [-0.4, -0.2) is 26.7 Å². The van der Waals surface area contributed by atoms with Crippen LogP contribution in [0.15, 0.2) is 23.1 Å². The molecule has 0 heterocycles. The lowest BCUT2D eigenvalue weighted by atomic mass is 10.2. The molecular formula is C14H21NO4S. The zero-order valence-electron chi connectivity index (χ0n) is 11.8. The van der Waals surface area contributed by atoms with Gasteiger partial charge in [-0.1, -0.05) is 19.4 Å².